The Morgan fingerprint density at radius 2 is 1.69 bits per heavy atom. The normalized spacial score (nSPS) is 10.4. The highest BCUT2D eigenvalue weighted by molar-refractivity contribution is 7.80. The van der Waals surface area contributed by atoms with Gasteiger partial charge in [0.25, 0.3) is 0 Å². The van der Waals surface area contributed by atoms with Crippen molar-refractivity contribution in [2.24, 2.45) is 0 Å². The molecule has 26 heavy (non-hydrogen) atoms. The Bertz CT molecular complexity index is 858. The number of nitrogens with one attached hydrogen (secondary N) is 3. The summed E-state index contributed by atoms with van der Waals surface area (Å²) >= 11 is 5.16. The number of amides is 2. The molecular weight excluding hydrogens is 346 g/mol. The van der Waals surface area contributed by atoms with E-state index in [1.54, 1.807) is 12.1 Å². The van der Waals surface area contributed by atoms with Crippen LogP contribution in [0.25, 0.3) is 6.08 Å². The van der Waals surface area contributed by atoms with E-state index in [0.29, 0.717) is 11.4 Å². The summed E-state index contributed by atoms with van der Waals surface area (Å²) in [5, 5.41) is 8.46. The van der Waals surface area contributed by atoms with Crippen LogP contribution in [-0.4, -0.2) is 16.9 Å². The SMILES string of the molecule is CC(=O)Nc1cc(NC(=S)NC(=O)/C=C/c2ccc(C)cc2)ccc1C. The van der Waals surface area contributed by atoms with Gasteiger partial charge >= 0.3 is 0 Å². The van der Waals surface area contributed by atoms with E-state index in [1.165, 1.54) is 13.0 Å². The number of anilines is 2. The molecule has 0 heterocycles. The van der Waals surface area contributed by atoms with E-state index < -0.39 is 0 Å². The number of hydrogen-bond acceptors (Lipinski definition) is 3. The molecule has 0 saturated heterocycles. The van der Waals surface area contributed by atoms with Crippen LogP contribution in [0.15, 0.2) is 48.5 Å². The van der Waals surface area contributed by atoms with E-state index >= 15 is 0 Å². The standard InChI is InChI=1S/C20H21N3O2S/c1-13-4-7-16(8-5-13)9-11-19(25)23-20(26)22-17-10-6-14(2)18(12-17)21-15(3)24/h4-12H,1-3H3,(H,21,24)(H2,22,23,25,26)/b11-9+. The van der Waals surface area contributed by atoms with Gasteiger partial charge in [-0.05, 0) is 55.4 Å². The molecule has 0 radical (unpaired) electrons. The quantitative estimate of drug-likeness (QED) is 0.568. The predicted molar refractivity (Wildman–Crippen MR) is 110 cm³/mol. The van der Waals surface area contributed by atoms with Crippen molar-refractivity contribution in [2.45, 2.75) is 20.8 Å². The van der Waals surface area contributed by atoms with Crippen molar-refractivity contribution in [1.29, 1.82) is 0 Å². The van der Waals surface area contributed by atoms with Crippen LogP contribution >= 0.6 is 12.2 Å². The van der Waals surface area contributed by atoms with Crippen molar-refractivity contribution in [2.75, 3.05) is 10.6 Å². The molecule has 0 aromatic heterocycles. The average molecular weight is 367 g/mol. The summed E-state index contributed by atoms with van der Waals surface area (Å²) in [6.07, 6.45) is 3.15. The fourth-order valence-corrected chi connectivity index (χ4v) is 2.41. The second-order valence-corrected chi connectivity index (χ2v) is 6.31. The van der Waals surface area contributed by atoms with E-state index in [0.717, 1.165) is 16.7 Å². The number of hydrogen-bond donors (Lipinski definition) is 3. The van der Waals surface area contributed by atoms with Crippen LogP contribution in [0.2, 0.25) is 0 Å². The molecule has 0 saturated carbocycles. The molecule has 3 N–H and O–H groups in total. The van der Waals surface area contributed by atoms with Gasteiger partial charge in [0.1, 0.15) is 0 Å². The Hall–Kier alpha value is -2.99. The number of benzene rings is 2. The Labute approximate surface area is 158 Å². The minimum atomic E-state index is -0.322. The molecule has 2 amide bonds. The van der Waals surface area contributed by atoms with Crippen molar-refractivity contribution < 1.29 is 9.59 Å². The van der Waals surface area contributed by atoms with Gasteiger partial charge in [0.2, 0.25) is 11.8 Å². The molecule has 0 unspecified atom stereocenters. The molecular formula is C20H21N3O2S. The van der Waals surface area contributed by atoms with Crippen molar-refractivity contribution in [3.05, 3.63) is 65.2 Å². The Kier molecular flexibility index (Phi) is 6.63. The zero-order valence-electron chi connectivity index (χ0n) is 14.9. The molecule has 0 fully saturated rings. The number of thiocarbonyl (C=S) groups is 1. The van der Waals surface area contributed by atoms with Crippen LogP contribution in [-0.2, 0) is 9.59 Å². The average Bonchev–Trinajstić information content (AvgIpc) is 2.57. The number of rotatable bonds is 4. The second kappa shape index (κ2) is 8.92. The maximum Gasteiger partial charge on any atom is 0.250 e. The predicted octanol–water partition coefficient (Wildman–Crippen LogP) is 3.79. The monoisotopic (exact) mass is 367 g/mol. The lowest BCUT2D eigenvalue weighted by molar-refractivity contribution is -0.115. The van der Waals surface area contributed by atoms with E-state index in [-0.39, 0.29) is 16.9 Å². The molecule has 0 aliphatic heterocycles. The third-order valence-electron chi connectivity index (χ3n) is 3.55. The Balaban J connectivity index is 1.94. The fraction of sp³-hybridized carbons (Fsp3) is 0.150. The van der Waals surface area contributed by atoms with E-state index in [9.17, 15) is 9.59 Å². The first-order valence-electron chi connectivity index (χ1n) is 8.08. The molecule has 0 spiro atoms. The zero-order chi connectivity index (χ0) is 19.1. The first kappa shape index (κ1) is 19.3. The minimum Gasteiger partial charge on any atom is -0.332 e. The molecule has 0 aliphatic rings. The van der Waals surface area contributed by atoms with Gasteiger partial charge in [0.15, 0.2) is 5.11 Å². The van der Waals surface area contributed by atoms with Crippen LogP contribution in [0, 0.1) is 13.8 Å². The molecule has 0 aliphatic carbocycles. The lowest BCUT2D eigenvalue weighted by Crippen LogP contribution is -2.32. The van der Waals surface area contributed by atoms with Gasteiger partial charge in [-0.1, -0.05) is 35.9 Å². The fourth-order valence-electron chi connectivity index (χ4n) is 2.19. The molecule has 0 atom stereocenters. The third-order valence-corrected chi connectivity index (χ3v) is 3.75. The van der Waals surface area contributed by atoms with Gasteiger partial charge in [-0.3, -0.25) is 14.9 Å². The summed E-state index contributed by atoms with van der Waals surface area (Å²) in [5.41, 5.74) is 4.39. The van der Waals surface area contributed by atoms with E-state index in [1.807, 2.05) is 50.2 Å². The van der Waals surface area contributed by atoms with Crippen molar-refractivity contribution >= 4 is 46.6 Å². The van der Waals surface area contributed by atoms with E-state index in [4.69, 9.17) is 12.2 Å². The minimum absolute atomic E-state index is 0.151. The maximum absolute atomic E-state index is 12.0. The van der Waals surface area contributed by atoms with Gasteiger partial charge in [0.05, 0.1) is 0 Å². The molecule has 2 aromatic rings. The number of aryl methyl sites for hydroxylation is 2. The highest BCUT2D eigenvalue weighted by atomic mass is 32.1. The maximum atomic E-state index is 12.0. The van der Waals surface area contributed by atoms with Crippen molar-refractivity contribution in [3.8, 4) is 0 Å². The lowest BCUT2D eigenvalue weighted by Gasteiger charge is -2.12. The summed E-state index contributed by atoms with van der Waals surface area (Å²) in [5.74, 6) is -0.473. The summed E-state index contributed by atoms with van der Waals surface area (Å²) in [4.78, 5) is 23.2. The Morgan fingerprint density at radius 3 is 2.35 bits per heavy atom. The second-order valence-electron chi connectivity index (χ2n) is 5.90. The molecule has 5 nitrogen and oxygen atoms in total. The van der Waals surface area contributed by atoms with Crippen LogP contribution in [0.4, 0.5) is 11.4 Å². The summed E-state index contributed by atoms with van der Waals surface area (Å²) in [6.45, 7) is 5.35. The molecule has 2 aromatic carbocycles. The third kappa shape index (κ3) is 6.14. The van der Waals surface area contributed by atoms with Crippen molar-refractivity contribution in [3.63, 3.8) is 0 Å². The molecule has 134 valence electrons. The lowest BCUT2D eigenvalue weighted by atomic mass is 10.1. The van der Waals surface area contributed by atoms with Crippen LogP contribution in [0.3, 0.4) is 0 Å². The smallest absolute Gasteiger partial charge is 0.250 e. The summed E-state index contributed by atoms with van der Waals surface area (Å²) in [7, 11) is 0. The topological polar surface area (TPSA) is 70.2 Å². The van der Waals surface area contributed by atoms with Crippen molar-refractivity contribution in [1.82, 2.24) is 5.32 Å². The zero-order valence-corrected chi connectivity index (χ0v) is 15.7. The molecule has 2 rings (SSSR count). The summed E-state index contributed by atoms with van der Waals surface area (Å²) < 4.78 is 0. The van der Waals surface area contributed by atoms with Gasteiger partial charge in [-0.2, -0.15) is 0 Å². The van der Waals surface area contributed by atoms with Crippen LogP contribution in [0.5, 0.6) is 0 Å². The highest BCUT2D eigenvalue weighted by Gasteiger charge is 2.05. The molecule has 0 bridgehead atoms. The number of carbonyl (C=O) groups excluding carboxylic acids is 2. The van der Waals surface area contributed by atoms with Gasteiger partial charge < -0.3 is 10.6 Å². The highest BCUT2D eigenvalue weighted by Crippen LogP contribution is 2.20. The summed E-state index contributed by atoms with van der Waals surface area (Å²) in [6, 6.07) is 13.3. The van der Waals surface area contributed by atoms with Gasteiger partial charge in [-0.25, -0.2) is 0 Å². The van der Waals surface area contributed by atoms with Gasteiger partial charge in [0, 0.05) is 24.4 Å². The number of carbonyl (C=O) groups is 2. The largest absolute Gasteiger partial charge is 0.332 e. The first-order valence-corrected chi connectivity index (χ1v) is 8.49. The van der Waals surface area contributed by atoms with Gasteiger partial charge in [-0.15, -0.1) is 0 Å². The molecule has 6 heteroatoms. The van der Waals surface area contributed by atoms with E-state index in [2.05, 4.69) is 16.0 Å². The van der Waals surface area contributed by atoms with Crippen LogP contribution < -0.4 is 16.0 Å². The first-order chi connectivity index (χ1) is 12.3. The Morgan fingerprint density at radius 1 is 1.00 bits per heavy atom. The van der Waals surface area contributed by atoms with Crippen LogP contribution in [0.1, 0.15) is 23.6 Å².